The van der Waals surface area contributed by atoms with Crippen molar-refractivity contribution < 1.29 is 30.5 Å². The number of fused-ring (bicyclic) bond motifs is 1. The molecule has 0 aliphatic heterocycles. The Morgan fingerprint density at radius 3 is 1.94 bits per heavy atom. The third-order valence-corrected chi connectivity index (χ3v) is 4.65. The van der Waals surface area contributed by atoms with Crippen molar-refractivity contribution >= 4 is 10.1 Å². The summed E-state index contributed by atoms with van der Waals surface area (Å²) in [5.41, 5.74) is 0. The van der Waals surface area contributed by atoms with Crippen LogP contribution < -0.4 is 0 Å². The van der Waals surface area contributed by atoms with E-state index in [0.29, 0.717) is 6.42 Å². The maximum atomic E-state index is 13.3. The highest BCUT2D eigenvalue weighted by molar-refractivity contribution is 7.87. The molecule has 2 fully saturated rings. The van der Waals surface area contributed by atoms with Crippen molar-refractivity contribution in [1.82, 2.24) is 0 Å². The molecule has 2 aliphatic rings. The Hall–Kier alpha value is -0.370. The van der Waals surface area contributed by atoms with Gasteiger partial charge in [0.1, 0.15) is 0 Å². The lowest BCUT2D eigenvalue weighted by Gasteiger charge is -2.55. The van der Waals surface area contributed by atoms with Crippen molar-refractivity contribution in [3.05, 3.63) is 0 Å². The van der Waals surface area contributed by atoms with Gasteiger partial charge >= 0.3 is 21.3 Å². The number of halogens is 4. The van der Waals surface area contributed by atoms with Crippen LogP contribution in [-0.2, 0) is 10.1 Å². The van der Waals surface area contributed by atoms with Gasteiger partial charge in [0.2, 0.25) is 0 Å². The summed E-state index contributed by atoms with van der Waals surface area (Å²) >= 11 is 0. The fourth-order valence-corrected chi connectivity index (χ4v) is 3.02. The lowest BCUT2D eigenvalue weighted by atomic mass is 9.51. The maximum Gasteiger partial charge on any atom is 0.431 e. The first-order chi connectivity index (χ1) is 7.09. The van der Waals surface area contributed by atoms with E-state index in [-0.39, 0.29) is 12.3 Å². The lowest BCUT2D eigenvalue weighted by molar-refractivity contribution is -0.251. The summed E-state index contributed by atoms with van der Waals surface area (Å²) in [6.45, 7) is 0. The molecule has 0 aromatic carbocycles. The Balaban J connectivity index is 2.25. The molecule has 0 aromatic rings. The summed E-state index contributed by atoms with van der Waals surface area (Å²) in [4.78, 5) is 0. The molecule has 16 heavy (non-hydrogen) atoms. The molecule has 94 valence electrons. The van der Waals surface area contributed by atoms with Crippen LogP contribution in [0.1, 0.15) is 19.3 Å². The number of hydrogen-bond acceptors (Lipinski definition) is 2. The van der Waals surface area contributed by atoms with Crippen LogP contribution in [0, 0.1) is 17.8 Å². The molecular formula is C8H10F4O3S. The fraction of sp³-hybridized carbons (Fsp3) is 1.00. The van der Waals surface area contributed by atoms with E-state index in [1.165, 1.54) is 0 Å². The largest absolute Gasteiger partial charge is 0.431 e. The second-order valence-electron chi connectivity index (χ2n) is 4.46. The molecule has 3 unspecified atom stereocenters. The summed E-state index contributed by atoms with van der Waals surface area (Å²) in [7, 11) is -6.08. The van der Waals surface area contributed by atoms with E-state index in [4.69, 9.17) is 4.55 Å². The third kappa shape index (κ3) is 1.32. The van der Waals surface area contributed by atoms with Crippen LogP contribution in [0.5, 0.6) is 0 Å². The van der Waals surface area contributed by atoms with Gasteiger partial charge in [0, 0.05) is 5.92 Å². The van der Waals surface area contributed by atoms with Crippen molar-refractivity contribution in [2.45, 2.75) is 30.4 Å². The minimum Gasteiger partial charge on any atom is -0.281 e. The quantitative estimate of drug-likeness (QED) is 0.626. The van der Waals surface area contributed by atoms with Crippen molar-refractivity contribution in [3.63, 3.8) is 0 Å². The Morgan fingerprint density at radius 2 is 1.69 bits per heavy atom. The number of alkyl halides is 4. The Morgan fingerprint density at radius 1 is 1.12 bits per heavy atom. The summed E-state index contributed by atoms with van der Waals surface area (Å²) in [6, 6.07) is 0. The predicted molar refractivity (Wildman–Crippen MR) is 45.8 cm³/mol. The van der Waals surface area contributed by atoms with Crippen LogP contribution in [0.3, 0.4) is 0 Å². The van der Waals surface area contributed by atoms with E-state index in [9.17, 15) is 26.0 Å². The normalized spacial score (nSPS) is 34.9. The topological polar surface area (TPSA) is 54.4 Å². The smallest absolute Gasteiger partial charge is 0.281 e. The molecule has 2 rings (SSSR count). The molecule has 2 saturated carbocycles. The average Bonchev–Trinajstić information content (AvgIpc) is 2.07. The summed E-state index contributed by atoms with van der Waals surface area (Å²) < 4.78 is 81.2. The zero-order chi connectivity index (χ0) is 12.4. The van der Waals surface area contributed by atoms with Gasteiger partial charge in [0.15, 0.2) is 0 Å². The molecule has 0 heterocycles. The van der Waals surface area contributed by atoms with Crippen LogP contribution in [0.2, 0.25) is 0 Å². The molecule has 0 aromatic heterocycles. The molecule has 0 saturated heterocycles. The summed E-state index contributed by atoms with van der Waals surface area (Å²) in [5, 5.41) is -5.40. The van der Waals surface area contributed by atoms with Crippen molar-refractivity contribution in [3.8, 4) is 0 Å². The van der Waals surface area contributed by atoms with Crippen molar-refractivity contribution in [2.24, 2.45) is 17.8 Å². The summed E-state index contributed by atoms with van der Waals surface area (Å²) in [6.07, 6.45) is 1.06. The average molecular weight is 262 g/mol. The van der Waals surface area contributed by atoms with Gasteiger partial charge in [-0.05, 0) is 31.1 Å². The van der Waals surface area contributed by atoms with Gasteiger partial charge in [-0.2, -0.15) is 26.0 Å². The minimum atomic E-state index is -6.08. The van der Waals surface area contributed by atoms with E-state index in [2.05, 4.69) is 0 Å². The van der Waals surface area contributed by atoms with Crippen LogP contribution in [0.25, 0.3) is 0 Å². The molecule has 8 heteroatoms. The first-order valence-corrected chi connectivity index (χ1v) is 6.25. The molecule has 3 atom stereocenters. The lowest BCUT2D eigenvalue weighted by Crippen LogP contribution is -2.60. The second kappa shape index (κ2) is 3.10. The van der Waals surface area contributed by atoms with E-state index in [1.54, 1.807) is 0 Å². The van der Waals surface area contributed by atoms with Crippen molar-refractivity contribution in [1.29, 1.82) is 0 Å². The van der Waals surface area contributed by atoms with Crippen LogP contribution >= 0.6 is 0 Å². The Labute approximate surface area is 89.6 Å². The zero-order valence-corrected chi connectivity index (χ0v) is 8.85. The van der Waals surface area contributed by atoms with Gasteiger partial charge in [-0.25, -0.2) is 0 Å². The Bertz CT molecular complexity index is 406. The maximum absolute atomic E-state index is 13.3. The van der Waals surface area contributed by atoms with Crippen LogP contribution in [0.15, 0.2) is 0 Å². The van der Waals surface area contributed by atoms with Crippen LogP contribution in [0.4, 0.5) is 17.6 Å². The van der Waals surface area contributed by atoms with Gasteiger partial charge in [0.05, 0.1) is 0 Å². The highest BCUT2D eigenvalue weighted by Crippen LogP contribution is 2.62. The standard InChI is InChI=1S/C8H10F4O3S/c9-7(10,8(11,12)16(13,14)15)6-3-4-1-2-5(4)6/h4-6H,1-3H2,(H,13,14,15). The Kier molecular flexibility index (Phi) is 2.34. The van der Waals surface area contributed by atoms with Gasteiger partial charge in [0.25, 0.3) is 0 Å². The minimum absolute atomic E-state index is 0.0214. The van der Waals surface area contributed by atoms with E-state index in [0.717, 1.165) is 6.42 Å². The molecule has 1 N–H and O–H groups in total. The molecule has 0 spiro atoms. The number of hydrogen-bond donors (Lipinski definition) is 1. The van der Waals surface area contributed by atoms with Crippen molar-refractivity contribution in [2.75, 3.05) is 0 Å². The molecule has 2 aliphatic carbocycles. The van der Waals surface area contributed by atoms with Gasteiger partial charge < -0.3 is 0 Å². The van der Waals surface area contributed by atoms with Crippen LogP contribution in [-0.4, -0.2) is 24.1 Å². The molecule has 3 nitrogen and oxygen atoms in total. The van der Waals surface area contributed by atoms with E-state index < -0.39 is 33.1 Å². The first kappa shape index (κ1) is 12.1. The third-order valence-electron chi connectivity index (χ3n) is 3.73. The zero-order valence-electron chi connectivity index (χ0n) is 8.04. The monoisotopic (exact) mass is 262 g/mol. The van der Waals surface area contributed by atoms with Gasteiger partial charge in [-0.15, -0.1) is 0 Å². The van der Waals surface area contributed by atoms with E-state index in [1.807, 2.05) is 0 Å². The van der Waals surface area contributed by atoms with Gasteiger partial charge in [-0.1, -0.05) is 0 Å². The van der Waals surface area contributed by atoms with Gasteiger partial charge in [-0.3, -0.25) is 4.55 Å². The fourth-order valence-electron chi connectivity index (χ4n) is 2.53. The number of rotatable bonds is 3. The van der Waals surface area contributed by atoms with E-state index >= 15 is 0 Å². The molecule has 0 bridgehead atoms. The molecule has 0 radical (unpaired) electrons. The SMILES string of the molecule is O=S(=O)(O)C(F)(F)C(F)(F)C1CC2CCC21. The second-order valence-corrected chi connectivity index (χ2v) is 5.92. The highest BCUT2D eigenvalue weighted by atomic mass is 32.2. The summed E-state index contributed by atoms with van der Waals surface area (Å²) in [5.74, 6) is -6.83. The molecule has 0 amide bonds. The molecular weight excluding hydrogens is 252 g/mol. The first-order valence-electron chi connectivity index (χ1n) is 4.81. The predicted octanol–water partition coefficient (Wildman–Crippen LogP) is 2.15. The highest BCUT2D eigenvalue weighted by Gasteiger charge is 2.73.